The zero-order valence-corrected chi connectivity index (χ0v) is 12.4. The number of nitrogens with two attached hydrogens (primary N) is 1. The molecule has 0 bridgehead atoms. The molecule has 9 heteroatoms. The quantitative estimate of drug-likeness (QED) is 0.305. The Hall–Kier alpha value is -1.90. The fraction of sp³-hybridized carbons (Fsp3) is 0.417. The van der Waals surface area contributed by atoms with Crippen LogP contribution >= 0.6 is 11.6 Å². The summed E-state index contributed by atoms with van der Waals surface area (Å²) in [6, 6.07) is 2.42. The number of amides is 1. The number of nitro groups is 1. The topological polar surface area (TPSA) is 120 Å². The minimum Gasteiger partial charge on any atom is -0.377 e. The lowest BCUT2D eigenvalue weighted by Gasteiger charge is -2.10. The van der Waals surface area contributed by atoms with Crippen LogP contribution in [0.1, 0.15) is 24.2 Å². The largest absolute Gasteiger partial charge is 0.377 e. The average molecular weight is 317 g/mol. The molecule has 0 spiro atoms. The van der Waals surface area contributed by atoms with E-state index in [4.69, 9.17) is 22.2 Å². The molecular formula is C12H17ClN4O4. The number of benzene rings is 1. The Labute approximate surface area is 126 Å². The average Bonchev–Trinajstić information content (AvgIpc) is 2.42. The molecule has 1 amide bonds. The van der Waals surface area contributed by atoms with Crippen LogP contribution in [0.5, 0.6) is 0 Å². The minimum atomic E-state index is -0.667. The van der Waals surface area contributed by atoms with Crippen LogP contribution in [0.3, 0.4) is 0 Å². The number of hydrogen-bond donors (Lipinski definition) is 3. The summed E-state index contributed by atoms with van der Waals surface area (Å²) >= 11 is 5.87. The van der Waals surface area contributed by atoms with Gasteiger partial charge in [-0.3, -0.25) is 20.8 Å². The van der Waals surface area contributed by atoms with Crippen LogP contribution in [0.15, 0.2) is 12.1 Å². The van der Waals surface area contributed by atoms with Crippen molar-refractivity contribution in [2.45, 2.75) is 20.0 Å². The molecule has 0 unspecified atom stereocenters. The molecule has 0 fully saturated rings. The first-order valence-electron chi connectivity index (χ1n) is 6.21. The van der Waals surface area contributed by atoms with Gasteiger partial charge in [-0.05, 0) is 19.9 Å². The zero-order valence-electron chi connectivity index (χ0n) is 11.7. The number of carbonyl (C=O) groups excluding carboxylic acids is 1. The summed E-state index contributed by atoms with van der Waals surface area (Å²) in [7, 11) is 0. The van der Waals surface area contributed by atoms with Gasteiger partial charge in [-0.1, -0.05) is 11.6 Å². The lowest BCUT2D eigenvalue weighted by atomic mass is 10.1. The Kier molecular flexibility index (Phi) is 6.35. The fourth-order valence-electron chi connectivity index (χ4n) is 1.57. The predicted molar refractivity (Wildman–Crippen MR) is 79.3 cm³/mol. The van der Waals surface area contributed by atoms with E-state index in [9.17, 15) is 14.9 Å². The third kappa shape index (κ3) is 4.85. The molecule has 0 heterocycles. The monoisotopic (exact) mass is 316 g/mol. The van der Waals surface area contributed by atoms with E-state index in [0.29, 0.717) is 13.2 Å². The molecule has 4 N–H and O–H groups in total. The van der Waals surface area contributed by atoms with Crippen molar-refractivity contribution in [3.63, 3.8) is 0 Å². The van der Waals surface area contributed by atoms with Gasteiger partial charge in [0.2, 0.25) is 0 Å². The predicted octanol–water partition coefficient (Wildman–Crippen LogP) is 1.69. The minimum absolute atomic E-state index is 0.00437. The number of halogens is 1. The first kappa shape index (κ1) is 17.2. The van der Waals surface area contributed by atoms with E-state index in [1.165, 1.54) is 6.07 Å². The highest BCUT2D eigenvalue weighted by Gasteiger charge is 2.20. The molecule has 0 atom stereocenters. The van der Waals surface area contributed by atoms with Crippen LogP contribution in [-0.2, 0) is 4.74 Å². The number of anilines is 1. The van der Waals surface area contributed by atoms with E-state index in [1.807, 2.05) is 13.8 Å². The highest BCUT2D eigenvalue weighted by atomic mass is 35.5. The smallest absolute Gasteiger partial charge is 0.295 e. The van der Waals surface area contributed by atoms with Crippen molar-refractivity contribution in [2.24, 2.45) is 5.84 Å². The normalized spacial score (nSPS) is 10.5. The summed E-state index contributed by atoms with van der Waals surface area (Å²) < 4.78 is 5.27. The van der Waals surface area contributed by atoms with Gasteiger partial charge in [-0.15, -0.1) is 0 Å². The molecule has 1 aromatic rings. The third-order valence-corrected chi connectivity index (χ3v) is 2.81. The van der Waals surface area contributed by atoms with E-state index < -0.39 is 10.8 Å². The maximum atomic E-state index is 11.9. The number of nitrogens with zero attached hydrogens (tertiary/aromatic N) is 1. The second-order valence-corrected chi connectivity index (χ2v) is 4.84. The summed E-state index contributed by atoms with van der Waals surface area (Å²) in [5.74, 6) is 4.71. The Morgan fingerprint density at radius 1 is 1.52 bits per heavy atom. The van der Waals surface area contributed by atoms with Gasteiger partial charge in [-0.25, -0.2) is 0 Å². The number of rotatable bonds is 7. The summed E-state index contributed by atoms with van der Waals surface area (Å²) in [6.07, 6.45) is 0.0624. The molecule has 0 aromatic heterocycles. The van der Waals surface area contributed by atoms with Gasteiger partial charge >= 0.3 is 0 Å². The molecule has 0 radical (unpaired) electrons. The Morgan fingerprint density at radius 2 is 2.19 bits per heavy atom. The van der Waals surface area contributed by atoms with E-state index in [0.717, 1.165) is 6.07 Å². The van der Waals surface area contributed by atoms with Crippen LogP contribution in [0.4, 0.5) is 11.4 Å². The maximum Gasteiger partial charge on any atom is 0.295 e. The van der Waals surface area contributed by atoms with Crippen LogP contribution in [0.25, 0.3) is 0 Å². The Morgan fingerprint density at radius 3 is 2.71 bits per heavy atom. The van der Waals surface area contributed by atoms with Crippen molar-refractivity contribution in [3.05, 3.63) is 32.8 Å². The number of nitro benzene ring substituents is 1. The highest BCUT2D eigenvalue weighted by molar-refractivity contribution is 6.34. The number of hydrazine groups is 1. The van der Waals surface area contributed by atoms with Gasteiger partial charge in [-0.2, -0.15) is 0 Å². The zero-order chi connectivity index (χ0) is 16.0. The highest BCUT2D eigenvalue weighted by Crippen LogP contribution is 2.32. The summed E-state index contributed by atoms with van der Waals surface area (Å²) in [6.45, 7) is 4.40. The van der Waals surface area contributed by atoms with Gasteiger partial charge in [0.15, 0.2) is 0 Å². The molecule has 1 aromatic carbocycles. The second-order valence-electron chi connectivity index (χ2n) is 4.43. The molecule has 0 aliphatic carbocycles. The lowest BCUT2D eigenvalue weighted by Crippen LogP contribution is -2.28. The third-order valence-electron chi connectivity index (χ3n) is 2.51. The van der Waals surface area contributed by atoms with E-state index in [1.54, 1.807) is 0 Å². The van der Waals surface area contributed by atoms with Crippen LogP contribution in [0.2, 0.25) is 5.02 Å². The van der Waals surface area contributed by atoms with Crippen molar-refractivity contribution in [1.82, 2.24) is 5.32 Å². The summed E-state index contributed by atoms with van der Waals surface area (Å²) in [5, 5.41) is 13.5. The Balaban J connectivity index is 2.83. The number of hydrogen-bond acceptors (Lipinski definition) is 6. The molecule has 8 nitrogen and oxygen atoms in total. The number of nitrogen functional groups attached to an aromatic ring is 1. The van der Waals surface area contributed by atoms with E-state index in [2.05, 4.69) is 10.7 Å². The van der Waals surface area contributed by atoms with Gasteiger partial charge < -0.3 is 15.5 Å². The first-order chi connectivity index (χ1) is 9.86. The van der Waals surface area contributed by atoms with E-state index in [-0.39, 0.29) is 28.1 Å². The van der Waals surface area contributed by atoms with Crippen LogP contribution in [-0.4, -0.2) is 30.1 Å². The van der Waals surface area contributed by atoms with Gasteiger partial charge in [0.25, 0.3) is 11.6 Å². The molecule has 21 heavy (non-hydrogen) atoms. The molecule has 0 aliphatic heterocycles. The number of ether oxygens (including phenoxy) is 1. The van der Waals surface area contributed by atoms with Crippen molar-refractivity contribution in [1.29, 1.82) is 0 Å². The SMILES string of the molecule is CC(C)OCCNC(=O)c1cc(Cl)c(NN)c([N+](=O)[O-])c1. The number of carbonyl (C=O) groups is 1. The van der Waals surface area contributed by atoms with Crippen molar-refractivity contribution in [3.8, 4) is 0 Å². The lowest BCUT2D eigenvalue weighted by molar-refractivity contribution is -0.384. The van der Waals surface area contributed by atoms with Crippen molar-refractivity contribution >= 4 is 28.9 Å². The van der Waals surface area contributed by atoms with Crippen LogP contribution < -0.4 is 16.6 Å². The molecule has 1 rings (SSSR count). The van der Waals surface area contributed by atoms with Crippen molar-refractivity contribution < 1.29 is 14.5 Å². The summed E-state index contributed by atoms with van der Waals surface area (Å²) in [4.78, 5) is 22.2. The second kappa shape index (κ2) is 7.77. The van der Waals surface area contributed by atoms with Gasteiger partial charge in [0, 0.05) is 18.2 Å². The number of nitrogens with one attached hydrogen (secondary N) is 2. The van der Waals surface area contributed by atoms with Gasteiger partial charge in [0.05, 0.1) is 22.7 Å². The standard InChI is InChI=1S/C12H17ClN4O4/c1-7(2)21-4-3-15-12(18)8-5-9(13)11(16-14)10(6-8)17(19)20/h5-7,16H,3-4,14H2,1-2H3,(H,15,18). The Bertz CT molecular complexity index is 536. The first-order valence-corrected chi connectivity index (χ1v) is 6.59. The molecular weight excluding hydrogens is 300 g/mol. The van der Waals surface area contributed by atoms with E-state index >= 15 is 0 Å². The maximum absolute atomic E-state index is 11.9. The molecule has 0 saturated heterocycles. The van der Waals surface area contributed by atoms with Gasteiger partial charge in [0.1, 0.15) is 5.69 Å². The van der Waals surface area contributed by atoms with Crippen LogP contribution in [0, 0.1) is 10.1 Å². The molecule has 0 saturated carbocycles. The summed E-state index contributed by atoms with van der Waals surface area (Å²) in [5.41, 5.74) is 1.82. The molecule has 0 aliphatic rings. The fourth-order valence-corrected chi connectivity index (χ4v) is 1.84. The van der Waals surface area contributed by atoms with Crippen molar-refractivity contribution in [2.75, 3.05) is 18.6 Å². The molecule has 116 valence electrons.